The minimum Gasteiger partial charge on any atom is -0.392 e. The molecule has 0 unspecified atom stereocenters. The molecule has 0 heterocycles. The van der Waals surface area contributed by atoms with Crippen molar-refractivity contribution in [3.8, 4) is 0 Å². The third-order valence-electron chi connectivity index (χ3n) is 7.98. The molecule has 26 heavy (non-hydrogen) atoms. The first-order valence-electron chi connectivity index (χ1n) is 9.66. The van der Waals surface area contributed by atoms with E-state index in [9.17, 15) is 25.2 Å². The molecule has 4 aliphatic rings. The minimum atomic E-state index is -2.03. The van der Waals surface area contributed by atoms with Crippen LogP contribution >= 0.6 is 0 Å². The van der Waals surface area contributed by atoms with Gasteiger partial charge in [0, 0.05) is 5.92 Å². The summed E-state index contributed by atoms with van der Waals surface area (Å²) in [5, 5.41) is 43.2. The molecule has 2 fully saturated rings. The molecule has 0 aliphatic heterocycles. The third-order valence-corrected chi connectivity index (χ3v) is 7.98. The molecule has 2 saturated carbocycles. The van der Waals surface area contributed by atoms with Crippen molar-refractivity contribution in [3.63, 3.8) is 0 Å². The summed E-state index contributed by atoms with van der Waals surface area (Å²) in [7, 11) is 0. The fourth-order valence-electron chi connectivity index (χ4n) is 6.56. The summed E-state index contributed by atoms with van der Waals surface area (Å²) >= 11 is 0. The molecule has 2 bridgehead atoms. The molecular formula is C21H30O5. The Bertz CT molecular complexity index is 722. The van der Waals surface area contributed by atoms with Crippen molar-refractivity contribution < 1.29 is 25.2 Å². The Kier molecular flexibility index (Phi) is 3.73. The van der Waals surface area contributed by atoms with E-state index in [0.29, 0.717) is 17.9 Å². The molecule has 0 radical (unpaired) electrons. The van der Waals surface area contributed by atoms with Gasteiger partial charge in [0.1, 0.15) is 17.8 Å². The van der Waals surface area contributed by atoms with Crippen LogP contribution in [0.5, 0.6) is 0 Å². The van der Waals surface area contributed by atoms with Crippen molar-refractivity contribution in [1.29, 1.82) is 0 Å². The molecule has 5 nitrogen and oxygen atoms in total. The first-order valence-corrected chi connectivity index (χ1v) is 9.66. The van der Waals surface area contributed by atoms with Crippen LogP contribution in [0, 0.1) is 34.5 Å². The van der Waals surface area contributed by atoms with Crippen molar-refractivity contribution in [3.05, 3.63) is 23.3 Å². The number of allylic oxidation sites excluding steroid dienone is 1. The van der Waals surface area contributed by atoms with E-state index in [4.69, 9.17) is 0 Å². The molecule has 4 rings (SSSR count). The molecule has 0 aromatic heterocycles. The van der Waals surface area contributed by atoms with Crippen LogP contribution in [0.15, 0.2) is 23.3 Å². The van der Waals surface area contributed by atoms with Gasteiger partial charge in [-0.05, 0) is 54.1 Å². The zero-order chi connectivity index (χ0) is 19.2. The second-order valence-electron chi connectivity index (χ2n) is 9.78. The highest BCUT2D eigenvalue weighted by atomic mass is 16.4. The molecule has 144 valence electrons. The number of rotatable bonds is 1. The number of aliphatic hydroxyl groups excluding tert-OH is 3. The van der Waals surface area contributed by atoms with Crippen LogP contribution in [0.4, 0.5) is 0 Å². The normalized spacial score (nSPS) is 52.1. The minimum absolute atomic E-state index is 0.0145. The zero-order valence-corrected chi connectivity index (χ0v) is 15.9. The first-order chi connectivity index (χ1) is 12.0. The SMILES string of the molecule is CC1=C[C@@]23C[C@H](C)C[C@@H]4[C@H]([C@H](C=C(CO)[C@@H](O)[C@]2(O)[C@H]1O)C3=O)C4(C)C. The molecule has 0 aromatic rings. The lowest BCUT2D eigenvalue weighted by Crippen LogP contribution is -2.63. The monoisotopic (exact) mass is 362 g/mol. The van der Waals surface area contributed by atoms with Gasteiger partial charge in [0.25, 0.3) is 0 Å². The maximum atomic E-state index is 13.8. The number of Topliss-reactive ketones (excluding diaryl/α,β-unsaturated/α-hetero) is 1. The summed E-state index contributed by atoms with van der Waals surface area (Å²) < 4.78 is 0. The predicted octanol–water partition coefficient (Wildman–Crippen LogP) is 1.21. The summed E-state index contributed by atoms with van der Waals surface area (Å²) in [5.74, 6) is 0.156. The average Bonchev–Trinajstić information content (AvgIpc) is 3.04. The lowest BCUT2D eigenvalue weighted by molar-refractivity contribution is -0.184. The Morgan fingerprint density at radius 2 is 1.88 bits per heavy atom. The predicted molar refractivity (Wildman–Crippen MR) is 96.0 cm³/mol. The lowest BCUT2D eigenvalue weighted by Gasteiger charge is -2.46. The Labute approximate surface area is 154 Å². The maximum absolute atomic E-state index is 13.8. The highest BCUT2D eigenvalue weighted by Gasteiger charge is 2.72. The van der Waals surface area contributed by atoms with Crippen molar-refractivity contribution in [2.45, 2.75) is 58.3 Å². The first kappa shape index (κ1) is 18.4. The van der Waals surface area contributed by atoms with Gasteiger partial charge in [0.2, 0.25) is 0 Å². The molecule has 0 amide bonds. The fourth-order valence-corrected chi connectivity index (χ4v) is 6.56. The van der Waals surface area contributed by atoms with Crippen LogP contribution in [-0.2, 0) is 4.79 Å². The summed E-state index contributed by atoms with van der Waals surface area (Å²) in [5.41, 5.74) is -2.59. The highest BCUT2D eigenvalue weighted by molar-refractivity contribution is 5.94. The van der Waals surface area contributed by atoms with E-state index in [1.807, 2.05) is 0 Å². The van der Waals surface area contributed by atoms with Crippen molar-refractivity contribution >= 4 is 5.78 Å². The summed E-state index contributed by atoms with van der Waals surface area (Å²) in [6.45, 7) is 7.68. The topological polar surface area (TPSA) is 98.0 Å². The Morgan fingerprint density at radius 3 is 2.50 bits per heavy atom. The highest BCUT2D eigenvalue weighted by Crippen LogP contribution is 2.69. The number of aliphatic hydroxyl groups is 4. The van der Waals surface area contributed by atoms with Crippen LogP contribution in [0.25, 0.3) is 0 Å². The number of ketones is 1. The quantitative estimate of drug-likeness (QED) is 0.526. The van der Waals surface area contributed by atoms with Crippen molar-refractivity contribution in [1.82, 2.24) is 0 Å². The Morgan fingerprint density at radius 1 is 1.23 bits per heavy atom. The molecule has 4 N–H and O–H groups in total. The van der Waals surface area contributed by atoms with E-state index < -0.39 is 35.7 Å². The van der Waals surface area contributed by atoms with Gasteiger partial charge in [0.15, 0.2) is 5.78 Å². The van der Waals surface area contributed by atoms with E-state index in [1.54, 1.807) is 19.1 Å². The van der Waals surface area contributed by atoms with Crippen molar-refractivity contribution in [2.75, 3.05) is 6.61 Å². The zero-order valence-electron chi connectivity index (χ0n) is 15.9. The van der Waals surface area contributed by atoms with E-state index in [-0.39, 0.29) is 28.6 Å². The van der Waals surface area contributed by atoms with Gasteiger partial charge in [-0.2, -0.15) is 0 Å². The smallest absolute Gasteiger partial charge is 0.153 e. The maximum Gasteiger partial charge on any atom is 0.153 e. The van der Waals surface area contributed by atoms with Gasteiger partial charge in [-0.1, -0.05) is 32.9 Å². The molecule has 0 saturated heterocycles. The molecule has 4 aliphatic carbocycles. The van der Waals surface area contributed by atoms with E-state index in [0.717, 1.165) is 6.42 Å². The molecule has 0 aromatic carbocycles. The van der Waals surface area contributed by atoms with Gasteiger partial charge in [-0.3, -0.25) is 4.79 Å². The van der Waals surface area contributed by atoms with E-state index in [2.05, 4.69) is 20.8 Å². The second kappa shape index (κ2) is 5.28. The van der Waals surface area contributed by atoms with Crippen LogP contribution < -0.4 is 0 Å². The van der Waals surface area contributed by atoms with Crippen LogP contribution in [0.2, 0.25) is 0 Å². The number of hydrogen-bond acceptors (Lipinski definition) is 5. The van der Waals surface area contributed by atoms with Gasteiger partial charge >= 0.3 is 0 Å². The number of fused-ring (bicyclic) bond motifs is 3. The van der Waals surface area contributed by atoms with E-state index in [1.165, 1.54) is 0 Å². The average molecular weight is 362 g/mol. The summed E-state index contributed by atoms with van der Waals surface area (Å²) in [6.07, 6.45) is 1.94. The van der Waals surface area contributed by atoms with Gasteiger partial charge in [-0.15, -0.1) is 0 Å². The second-order valence-corrected chi connectivity index (χ2v) is 9.78. The van der Waals surface area contributed by atoms with E-state index >= 15 is 0 Å². The standard InChI is InChI=1S/C21H30O5/c1-10-5-14-15(19(14,3)4)13-6-12(9-22)17(24)21(26)16(23)11(2)8-20(21,7-10)18(13)25/h6,8,10,13-17,22-24,26H,5,7,9H2,1-4H3/t10-,13+,14-,15+,16+,17-,20-,21-/m1/s1. The lowest BCUT2D eigenvalue weighted by atomic mass is 9.60. The van der Waals surface area contributed by atoms with Gasteiger partial charge < -0.3 is 20.4 Å². The molecular weight excluding hydrogens is 332 g/mol. The molecule has 1 spiro atoms. The summed E-state index contributed by atoms with van der Waals surface area (Å²) in [6, 6.07) is 0. The number of carbonyl (C=O) groups excluding carboxylic acids is 1. The Hall–Kier alpha value is -1.01. The molecule has 8 atom stereocenters. The van der Waals surface area contributed by atoms with Gasteiger partial charge in [-0.25, -0.2) is 0 Å². The Balaban J connectivity index is 1.97. The van der Waals surface area contributed by atoms with Gasteiger partial charge in [0.05, 0.1) is 12.0 Å². The van der Waals surface area contributed by atoms with Crippen LogP contribution in [-0.4, -0.2) is 50.6 Å². The number of carbonyl (C=O) groups is 1. The van der Waals surface area contributed by atoms with Crippen LogP contribution in [0.3, 0.4) is 0 Å². The fraction of sp³-hybridized carbons (Fsp3) is 0.762. The summed E-state index contributed by atoms with van der Waals surface area (Å²) in [4.78, 5) is 13.8. The largest absolute Gasteiger partial charge is 0.392 e. The van der Waals surface area contributed by atoms with Crippen molar-refractivity contribution in [2.24, 2.45) is 34.5 Å². The van der Waals surface area contributed by atoms with Crippen LogP contribution in [0.1, 0.15) is 40.5 Å². The third kappa shape index (κ3) is 1.93. The molecule has 5 heteroatoms. The number of hydrogen-bond donors (Lipinski definition) is 4.